The SMILES string of the molecule is Cc1ccc(NS(=O)(=O)Cc2ccc(N)cc2)cc1Br. The molecule has 0 aromatic heterocycles. The highest BCUT2D eigenvalue weighted by atomic mass is 79.9. The van der Waals surface area contributed by atoms with Crippen LogP contribution in [0.15, 0.2) is 46.9 Å². The summed E-state index contributed by atoms with van der Waals surface area (Å²) in [5.41, 5.74) is 8.47. The zero-order valence-electron chi connectivity index (χ0n) is 10.9. The van der Waals surface area contributed by atoms with Crippen molar-refractivity contribution < 1.29 is 8.42 Å². The van der Waals surface area contributed by atoms with E-state index < -0.39 is 10.0 Å². The summed E-state index contributed by atoms with van der Waals surface area (Å²) in [4.78, 5) is 0. The molecule has 0 atom stereocenters. The van der Waals surface area contributed by atoms with Gasteiger partial charge in [-0.2, -0.15) is 0 Å². The van der Waals surface area contributed by atoms with Crippen molar-refractivity contribution in [3.8, 4) is 0 Å². The van der Waals surface area contributed by atoms with Gasteiger partial charge >= 0.3 is 0 Å². The van der Waals surface area contributed by atoms with Crippen LogP contribution in [0.4, 0.5) is 11.4 Å². The molecule has 0 saturated heterocycles. The van der Waals surface area contributed by atoms with Crippen molar-refractivity contribution in [3.05, 3.63) is 58.1 Å². The van der Waals surface area contributed by atoms with E-state index in [1.807, 2.05) is 13.0 Å². The molecule has 3 N–H and O–H groups in total. The maximum atomic E-state index is 12.1. The van der Waals surface area contributed by atoms with Crippen molar-refractivity contribution in [1.82, 2.24) is 0 Å². The Morgan fingerprint density at radius 1 is 1.15 bits per heavy atom. The van der Waals surface area contributed by atoms with Crippen molar-refractivity contribution in [3.63, 3.8) is 0 Å². The van der Waals surface area contributed by atoms with Crippen molar-refractivity contribution in [1.29, 1.82) is 0 Å². The fourth-order valence-electron chi connectivity index (χ4n) is 1.71. The van der Waals surface area contributed by atoms with Gasteiger partial charge in [0.2, 0.25) is 10.0 Å². The molecule has 2 aromatic rings. The van der Waals surface area contributed by atoms with Crippen LogP contribution in [-0.4, -0.2) is 8.42 Å². The fraction of sp³-hybridized carbons (Fsp3) is 0.143. The molecule has 0 aliphatic carbocycles. The molecule has 6 heteroatoms. The maximum absolute atomic E-state index is 12.1. The monoisotopic (exact) mass is 354 g/mol. The Morgan fingerprint density at radius 3 is 2.40 bits per heavy atom. The number of nitrogens with two attached hydrogens (primary N) is 1. The molecule has 0 aliphatic heterocycles. The van der Waals surface area contributed by atoms with E-state index in [4.69, 9.17) is 5.73 Å². The highest BCUT2D eigenvalue weighted by Crippen LogP contribution is 2.22. The van der Waals surface area contributed by atoms with E-state index in [9.17, 15) is 8.42 Å². The molecule has 0 aliphatic rings. The molecule has 0 heterocycles. The van der Waals surface area contributed by atoms with Gasteiger partial charge in [0, 0.05) is 15.8 Å². The average Bonchev–Trinajstić information content (AvgIpc) is 2.36. The van der Waals surface area contributed by atoms with Gasteiger partial charge in [0.25, 0.3) is 0 Å². The van der Waals surface area contributed by atoms with Gasteiger partial charge in [-0.05, 0) is 42.3 Å². The first-order valence-corrected chi connectivity index (χ1v) is 8.41. The van der Waals surface area contributed by atoms with Crippen molar-refractivity contribution >= 4 is 37.3 Å². The van der Waals surface area contributed by atoms with Gasteiger partial charge in [-0.1, -0.05) is 34.1 Å². The van der Waals surface area contributed by atoms with Crippen molar-refractivity contribution in [2.45, 2.75) is 12.7 Å². The summed E-state index contributed by atoms with van der Waals surface area (Å²) < 4.78 is 27.6. The lowest BCUT2D eigenvalue weighted by atomic mass is 10.2. The second kappa shape index (κ2) is 5.85. The Morgan fingerprint density at radius 2 is 1.80 bits per heavy atom. The molecule has 0 fully saturated rings. The second-order valence-corrected chi connectivity index (χ2v) is 7.14. The second-order valence-electron chi connectivity index (χ2n) is 4.57. The summed E-state index contributed by atoms with van der Waals surface area (Å²) in [6.07, 6.45) is 0. The first-order valence-electron chi connectivity index (χ1n) is 5.97. The molecule has 0 unspecified atom stereocenters. The van der Waals surface area contributed by atoms with E-state index in [0.29, 0.717) is 16.9 Å². The fourth-order valence-corrected chi connectivity index (χ4v) is 3.27. The van der Waals surface area contributed by atoms with Gasteiger partial charge < -0.3 is 5.73 Å². The lowest BCUT2D eigenvalue weighted by Crippen LogP contribution is -2.15. The van der Waals surface area contributed by atoms with Gasteiger partial charge in [-0.15, -0.1) is 0 Å². The largest absolute Gasteiger partial charge is 0.399 e. The summed E-state index contributed by atoms with van der Waals surface area (Å²) in [5.74, 6) is -0.0845. The summed E-state index contributed by atoms with van der Waals surface area (Å²) in [7, 11) is -3.44. The maximum Gasteiger partial charge on any atom is 0.236 e. The number of halogens is 1. The quantitative estimate of drug-likeness (QED) is 0.827. The molecule has 0 spiro atoms. The molecule has 0 bridgehead atoms. The minimum absolute atomic E-state index is 0.0845. The van der Waals surface area contributed by atoms with Gasteiger partial charge in [0.1, 0.15) is 0 Å². The number of rotatable bonds is 4. The van der Waals surface area contributed by atoms with Gasteiger partial charge in [0.05, 0.1) is 5.75 Å². The predicted molar refractivity (Wildman–Crippen MR) is 86.0 cm³/mol. The van der Waals surface area contributed by atoms with Crippen LogP contribution in [0.3, 0.4) is 0 Å². The molecule has 0 saturated carbocycles. The smallest absolute Gasteiger partial charge is 0.236 e. The first kappa shape index (κ1) is 14.9. The lowest BCUT2D eigenvalue weighted by molar-refractivity contribution is 0.600. The standard InChI is InChI=1S/C14H15BrN2O2S/c1-10-2-7-13(8-14(10)15)17-20(18,19)9-11-3-5-12(16)6-4-11/h2-8,17H,9,16H2,1H3. The Bertz CT molecular complexity index is 712. The molecule has 4 nitrogen and oxygen atoms in total. The molecular formula is C14H15BrN2O2S. The van der Waals surface area contributed by atoms with E-state index in [0.717, 1.165) is 10.0 Å². The Kier molecular flexibility index (Phi) is 4.35. The van der Waals surface area contributed by atoms with Crippen LogP contribution < -0.4 is 10.5 Å². The molecule has 2 aromatic carbocycles. The highest BCUT2D eigenvalue weighted by molar-refractivity contribution is 9.10. The van der Waals surface area contributed by atoms with Gasteiger partial charge in [0.15, 0.2) is 0 Å². The first-order chi connectivity index (χ1) is 9.35. The molecule has 106 valence electrons. The highest BCUT2D eigenvalue weighted by Gasteiger charge is 2.12. The molecule has 20 heavy (non-hydrogen) atoms. The van der Waals surface area contributed by atoms with Crippen molar-refractivity contribution in [2.24, 2.45) is 0 Å². The average molecular weight is 355 g/mol. The van der Waals surface area contributed by atoms with E-state index in [1.54, 1.807) is 36.4 Å². The Labute approximate surface area is 127 Å². The third-order valence-electron chi connectivity index (χ3n) is 2.78. The lowest BCUT2D eigenvalue weighted by Gasteiger charge is -2.09. The number of nitrogen functional groups attached to an aromatic ring is 1. The summed E-state index contributed by atoms with van der Waals surface area (Å²) >= 11 is 3.38. The third-order valence-corrected chi connectivity index (χ3v) is 4.90. The summed E-state index contributed by atoms with van der Waals surface area (Å²) in [6.45, 7) is 1.94. The number of nitrogens with one attached hydrogen (secondary N) is 1. The number of benzene rings is 2. The van der Waals surface area contributed by atoms with Crippen molar-refractivity contribution in [2.75, 3.05) is 10.5 Å². The minimum Gasteiger partial charge on any atom is -0.399 e. The minimum atomic E-state index is -3.44. The number of hydrogen-bond acceptors (Lipinski definition) is 3. The van der Waals surface area contributed by atoms with E-state index >= 15 is 0 Å². The number of hydrogen-bond donors (Lipinski definition) is 2. The van der Waals surface area contributed by atoms with Crippen LogP contribution in [0, 0.1) is 6.92 Å². The van der Waals surface area contributed by atoms with Crippen LogP contribution in [0.1, 0.15) is 11.1 Å². The predicted octanol–water partition coefficient (Wildman–Crippen LogP) is 3.28. The van der Waals surface area contributed by atoms with Crippen LogP contribution >= 0.6 is 15.9 Å². The Hall–Kier alpha value is -1.53. The zero-order chi connectivity index (χ0) is 14.8. The molecular weight excluding hydrogens is 340 g/mol. The number of aryl methyl sites for hydroxylation is 1. The van der Waals surface area contributed by atoms with Gasteiger partial charge in [-0.25, -0.2) is 8.42 Å². The number of anilines is 2. The normalized spacial score (nSPS) is 11.3. The van der Waals surface area contributed by atoms with E-state index in [2.05, 4.69) is 20.7 Å². The van der Waals surface area contributed by atoms with E-state index in [1.165, 1.54) is 0 Å². The molecule has 2 rings (SSSR count). The van der Waals surface area contributed by atoms with Crippen LogP contribution in [0.25, 0.3) is 0 Å². The van der Waals surface area contributed by atoms with Crippen LogP contribution in [0.2, 0.25) is 0 Å². The summed E-state index contributed by atoms with van der Waals surface area (Å²) in [6, 6.07) is 12.1. The topological polar surface area (TPSA) is 72.2 Å². The zero-order valence-corrected chi connectivity index (χ0v) is 13.3. The van der Waals surface area contributed by atoms with E-state index in [-0.39, 0.29) is 5.75 Å². The molecule has 0 amide bonds. The van der Waals surface area contributed by atoms with Gasteiger partial charge in [-0.3, -0.25) is 4.72 Å². The molecule has 0 radical (unpaired) electrons. The Balaban J connectivity index is 2.14. The van der Waals surface area contributed by atoms with Crippen LogP contribution in [0.5, 0.6) is 0 Å². The summed E-state index contributed by atoms with van der Waals surface area (Å²) in [5, 5.41) is 0. The third kappa shape index (κ3) is 3.98. The van der Waals surface area contributed by atoms with Crippen LogP contribution in [-0.2, 0) is 15.8 Å². The number of sulfonamides is 1.